The molecule has 4 aromatic rings. The molecule has 36 heavy (non-hydrogen) atoms. The minimum Gasteiger partial charge on any atom is -0.397 e. The van der Waals surface area contributed by atoms with Crippen LogP contribution in [0.3, 0.4) is 0 Å². The van der Waals surface area contributed by atoms with Crippen molar-refractivity contribution in [3.8, 4) is 22.5 Å². The average Bonchev–Trinajstić information content (AvgIpc) is 2.84. The van der Waals surface area contributed by atoms with Crippen LogP contribution >= 0.6 is 0 Å². The maximum Gasteiger partial charge on any atom is 0.253 e. The summed E-state index contributed by atoms with van der Waals surface area (Å²) in [6.07, 6.45) is 3.08. The number of ketones is 1. The lowest BCUT2D eigenvalue weighted by Gasteiger charge is -2.13. The number of carbonyl (C=O) groups excluding carboxylic acids is 2. The topological polar surface area (TPSA) is 141 Å². The maximum atomic E-state index is 14.7. The molecule has 0 aliphatic rings. The van der Waals surface area contributed by atoms with Gasteiger partial charge in [-0.25, -0.2) is 19.3 Å². The number of halogens is 1. The molecule has 9 nitrogen and oxygen atoms in total. The van der Waals surface area contributed by atoms with Crippen LogP contribution in [0.5, 0.6) is 0 Å². The summed E-state index contributed by atoms with van der Waals surface area (Å²) in [5, 5.41) is 0. The third kappa shape index (κ3) is 5.02. The average molecular weight is 486 g/mol. The number of anilines is 2. The van der Waals surface area contributed by atoms with Gasteiger partial charge < -0.3 is 16.4 Å². The molecule has 4 N–H and O–H groups in total. The fourth-order valence-corrected chi connectivity index (χ4v) is 3.76. The van der Waals surface area contributed by atoms with E-state index < -0.39 is 5.82 Å². The van der Waals surface area contributed by atoms with Gasteiger partial charge >= 0.3 is 0 Å². The first-order valence-corrected chi connectivity index (χ1v) is 11.0. The van der Waals surface area contributed by atoms with E-state index in [9.17, 15) is 14.0 Å². The molecule has 10 heteroatoms. The Morgan fingerprint density at radius 1 is 0.944 bits per heavy atom. The summed E-state index contributed by atoms with van der Waals surface area (Å²) >= 11 is 0. The first-order chi connectivity index (χ1) is 17.1. The van der Waals surface area contributed by atoms with E-state index in [1.54, 1.807) is 45.5 Å². The zero-order valence-corrected chi connectivity index (χ0v) is 20.0. The molecule has 0 bridgehead atoms. The van der Waals surface area contributed by atoms with Gasteiger partial charge in [0.2, 0.25) is 5.95 Å². The molecule has 0 aliphatic carbocycles. The molecule has 0 spiro atoms. The molecular weight excluding hydrogens is 461 g/mol. The largest absolute Gasteiger partial charge is 0.397 e. The molecule has 1 aromatic carbocycles. The quantitative estimate of drug-likeness (QED) is 0.396. The Hall–Kier alpha value is -4.73. The van der Waals surface area contributed by atoms with E-state index in [0.29, 0.717) is 28.1 Å². The molecule has 3 aromatic heterocycles. The van der Waals surface area contributed by atoms with Crippen LogP contribution < -0.4 is 11.5 Å². The number of Topliss-reactive ketones (excluding diaryl/α,β-unsaturated/α-hetero) is 1. The maximum absolute atomic E-state index is 14.7. The molecule has 0 fully saturated rings. The summed E-state index contributed by atoms with van der Waals surface area (Å²) in [4.78, 5) is 43.9. The zero-order valence-electron chi connectivity index (χ0n) is 20.0. The summed E-state index contributed by atoms with van der Waals surface area (Å²) in [6, 6.07) is 10.5. The molecule has 0 radical (unpaired) electrons. The Kier molecular flexibility index (Phi) is 6.69. The van der Waals surface area contributed by atoms with Crippen LogP contribution in [0.15, 0.2) is 54.9 Å². The number of aryl methyl sites for hydroxylation is 1. The standard InChI is InChI=1S/C26H24FN7O2/c1-14-10-22(33-26(29)31-14)17-8-9-30-13-16(17)12-23(35)24-20(28)6-7-21(32-24)18-11-15(4-5-19(18)27)25(36)34(2)3/h4-11,13H,12,28H2,1-3H3,(H2,29,31,33). The molecule has 3 heterocycles. The smallest absolute Gasteiger partial charge is 0.253 e. The van der Waals surface area contributed by atoms with Crippen LogP contribution in [0.25, 0.3) is 22.5 Å². The minimum atomic E-state index is -0.577. The fourth-order valence-electron chi connectivity index (χ4n) is 3.76. The Bertz CT molecular complexity index is 1470. The Balaban J connectivity index is 1.70. The number of carbonyl (C=O) groups is 2. The molecule has 1 amide bonds. The molecule has 0 aliphatic heterocycles. The van der Waals surface area contributed by atoms with Crippen LogP contribution in [0.2, 0.25) is 0 Å². The van der Waals surface area contributed by atoms with E-state index >= 15 is 0 Å². The number of nitrogens with zero attached hydrogens (tertiary/aromatic N) is 5. The lowest BCUT2D eigenvalue weighted by Crippen LogP contribution is -2.21. The van der Waals surface area contributed by atoms with E-state index in [-0.39, 0.29) is 46.7 Å². The minimum absolute atomic E-state index is 0.00979. The number of aromatic nitrogens is 4. The fraction of sp³-hybridized carbons (Fsp3) is 0.154. The number of hydrogen-bond acceptors (Lipinski definition) is 8. The van der Waals surface area contributed by atoms with Crippen molar-refractivity contribution in [3.63, 3.8) is 0 Å². The van der Waals surface area contributed by atoms with Gasteiger partial charge in [-0.05, 0) is 55.0 Å². The number of benzene rings is 1. The van der Waals surface area contributed by atoms with Gasteiger partial charge in [-0.3, -0.25) is 14.6 Å². The summed E-state index contributed by atoms with van der Waals surface area (Å²) in [6.45, 7) is 1.80. The lowest BCUT2D eigenvalue weighted by atomic mass is 9.99. The first kappa shape index (κ1) is 24.4. The van der Waals surface area contributed by atoms with Gasteiger partial charge in [0, 0.05) is 55.3 Å². The summed E-state index contributed by atoms with van der Waals surface area (Å²) in [5.74, 6) is -1.13. The monoisotopic (exact) mass is 485 g/mol. The van der Waals surface area contributed by atoms with Gasteiger partial charge in [-0.1, -0.05) is 0 Å². The van der Waals surface area contributed by atoms with Gasteiger partial charge in [0.1, 0.15) is 11.5 Å². The van der Waals surface area contributed by atoms with Crippen molar-refractivity contribution in [3.05, 3.63) is 83.2 Å². The van der Waals surface area contributed by atoms with Crippen molar-refractivity contribution >= 4 is 23.3 Å². The highest BCUT2D eigenvalue weighted by atomic mass is 19.1. The highest BCUT2D eigenvalue weighted by molar-refractivity contribution is 6.01. The number of nitrogens with two attached hydrogens (primary N) is 2. The van der Waals surface area contributed by atoms with E-state index in [4.69, 9.17) is 11.5 Å². The Morgan fingerprint density at radius 2 is 1.72 bits per heavy atom. The van der Waals surface area contributed by atoms with Gasteiger partial charge in [0.15, 0.2) is 5.78 Å². The molecule has 0 saturated carbocycles. The molecule has 0 unspecified atom stereocenters. The first-order valence-electron chi connectivity index (χ1n) is 11.0. The number of rotatable bonds is 6. The molecule has 182 valence electrons. The van der Waals surface area contributed by atoms with Crippen molar-refractivity contribution < 1.29 is 14.0 Å². The second-order valence-corrected chi connectivity index (χ2v) is 8.41. The van der Waals surface area contributed by atoms with Gasteiger partial charge in [0.05, 0.1) is 17.1 Å². The number of amides is 1. The third-order valence-corrected chi connectivity index (χ3v) is 5.49. The SMILES string of the molecule is Cc1cc(-c2ccncc2CC(=O)c2nc(-c3cc(C(=O)N(C)C)ccc3F)ccc2N)nc(N)n1. The van der Waals surface area contributed by atoms with Crippen molar-refractivity contribution in [2.75, 3.05) is 25.6 Å². The van der Waals surface area contributed by atoms with Crippen LogP contribution in [0.4, 0.5) is 16.0 Å². The van der Waals surface area contributed by atoms with Crippen LogP contribution in [0.1, 0.15) is 32.1 Å². The summed E-state index contributed by atoms with van der Waals surface area (Å²) in [7, 11) is 3.21. The van der Waals surface area contributed by atoms with Gasteiger partial charge in [0.25, 0.3) is 5.91 Å². The van der Waals surface area contributed by atoms with E-state index in [1.807, 2.05) is 0 Å². The normalized spacial score (nSPS) is 10.8. The highest BCUT2D eigenvalue weighted by Gasteiger charge is 2.19. The predicted molar refractivity (Wildman–Crippen MR) is 135 cm³/mol. The molecule has 4 rings (SSSR count). The summed E-state index contributed by atoms with van der Waals surface area (Å²) in [5.41, 5.74) is 15.1. The zero-order chi connectivity index (χ0) is 26.0. The van der Waals surface area contributed by atoms with Crippen molar-refractivity contribution in [1.82, 2.24) is 24.8 Å². The van der Waals surface area contributed by atoms with Crippen molar-refractivity contribution in [2.24, 2.45) is 0 Å². The van der Waals surface area contributed by atoms with Gasteiger partial charge in [-0.15, -0.1) is 0 Å². The van der Waals surface area contributed by atoms with Crippen LogP contribution in [0, 0.1) is 12.7 Å². The number of hydrogen-bond donors (Lipinski definition) is 2. The van der Waals surface area contributed by atoms with E-state index in [0.717, 1.165) is 0 Å². The molecular formula is C26H24FN7O2. The third-order valence-electron chi connectivity index (χ3n) is 5.49. The number of nitrogen functional groups attached to an aromatic ring is 2. The van der Waals surface area contributed by atoms with Crippen molar-refractivity contribution in [2.45, 2.75) is 13.3 Å². The predicted octanol–water partition coefficient (Wildman–Crippen LogP) is 3.34. The highest BCUT2D eigenvalue weighted by Crippen LogP contribution is 2.27. The van der Waals surface area contributed by atoms with Crippen molar-refractivity contribution in [1.29, 1.82) is 0 Å². The molecule has 0 saturated heterocycles. The number of pyridine rings is 2. The lowest BCUT2D eigenvalue weighted by molar-refractivity contribution is 0.0827. The van der Waals surface area contributed by atoms with Crippen LogP contribution in [-0.2, 0) is 6.42 Å². The van der Waals surface area contributed by atoms with E-state index in [1.165, 1.54) is 35.2 Å². The second kappa shape index (κ2) is 9.87. The Morgan fingerprint density at radius 3 is 2.44 bits per heavy atom. The van der Waals surface area contributed by atoms with E-state index in [2.05, 4.69) is 19.9 Å². The molecule has 0 atom stereocenters. The second-order valence-electron chi connectivity index (χ2n) is 8.41. The summed E-state index contributed by atoms with van der Waals surface area (Å²) < 4.78 is 14.7. The Labute approximate surface area is 207 Å². The van der Waals surface area contributed by atoms with Crippen LogP contribution in [-0.4, -0.2) is 50.6 Å². The van der Waals surface area contributed by atoms with Gasteiger partial charge in [-0.2, -0.15) is 0 Å².